The number of methoxy groups -OCH3 is 1. The van der Waals surface area contributed by atoms with E-state index in [1.165, 1.54) is 0 Å². The molecule has 1 rings (SSSR count). The van der Waals surface area contributed by atoms with Crippen molar-refractivity contribution in [3.63, 3.8) is 0 Å². The quantitative estimate of drug-likeness (QED) is 0.701. The van der Waals surface area contributed by atoms with Gasteiger partial charge in [-0.1, -0.05) is 12.1 Å². The van der Waals surface area contributed by atoms with Crippen molar-refractivity contribution in [2.45, 2.75) is 13.0 Å². The van der Waals surface area contributed by atoms with Crippen LogP contribution in [0, 0.1) is 0 Å². The molecule has 0 spiro atoms. The largest absolute Gasteiger partial charge is 0.493 e. The van der Waals surface area contributed by atoms with Crippen molar-refractivity contribution in [2.75, 3.05) is 20.3 Å². The zero-order valence-electron chi connectivity index (χ0n) is 8.53. The Kier molecular flexibility index (Phi) is 5.04. The minimum atomic E-state index is 0.551. The molecule has 0 heterocycles. The van der Waals surface area contributed by atoms with Gasteiger partial charge in [-0.2, -0.15) is 0 Å². The van der Waals surface area contributed by atoms with Crippen molar-refractivity contribution >= 4 is 0 Å². The normalized spacial score (nSPS) is 10.1. The Morgan fingerprint density at radius 1 is 1.29 bits per heavy atom. The summed E-state index contributed by atoms with van der Waals surface area (Å²) in [5, 5.41) is 0. The smallest absolute Gasteiger partial charge is 0.119 e. The van der Waals surface area contributed by atoms with Crippen molar-refractivity contribution < 1.29 is 9.47 Å². The molecule has 1 aromatic carbocycles. The highest BCUT2D eigenvalue weighted by Gasteiger charge is 1.95. The molecule has 0 fully saturated rings. The van der Waals surface area contributed by atoms with Crippen LogP contribution in [0.2, 0.25) is 0 Å². The number of hydrogen-bond donors (Lipinski definition) is 1. The summed E-state index contributed by atoms with van der Waals surface area (Å²) in [5.74, 6) is 0.879. The van der Waals surface area contributed by atoms with Gasteiger partial charge in [-0.15, -0.1) is 0 Å². The molecular weight excluding hydrogens is 178 g/mol. The molecule has 0 aliphatic heterocycles. The lowest BCUT2D eigenvalue weighted by atomic mass is 10.2. The zero-order valence-corrected chi connectivity index (χ0v) is 8.53. The standard InChI is InChI=1S/C11H17NO2/c1-13-6-3-7-14-11-5-2-4-10(8-11)9-12/h2,4-5,8H,3,6-7,9,12H2,1H3. The van der Waals surface area contributed by atoms with Gasteiger partial charge in [-0.25, -0.2) is 0 Å². The van der Waals surface area contributed by atoms with E-state index in [-0.39, 0.29) is 0 Å². The molecule has 2 N–H and O–H groups in total. The van der Waals surface area contributed by atoms with E-state index in [2.05, 4.69) is 0 Å². The Morgan fingerprint density at radius 3 is 2.86 bits per heavy atom. The fourth-order valence-corrected chi connectivity index (χ4v) is 1.16. The van der Waals surface area contributed by atoms with Crippen molar-refractivity contribution in [3.05, 3.63) is 29.8 Å². The molecule has 0 aliphatic carbocycles. The lowest BCUT2D eigenvalue weighted by Crippen LogP contribution is -2.02. The monoisotopic (exact) mass is 195 g/mol. The van der Waals surface area contributed by atoms with Crippen LogP contribution in [0.15, 0.2) is 24.3 Å². The van der Waals surface area contributed by atoms with E-state index >= 15 is 0 Å². The summed E-state index contributed by atoms with van der Waals surface area (Å²) in [5.41, 5.74) is 6.61. The summed E-state index contributed by atoms with van der Waals surface area (Å²) in [4.78, 5) is 0. The SMILES string of the molecule is COCCCOc1cccc(CN)c1. The molecule has 3 heteroatoms. The van der Waals surface area contributed by atoms with Crippen molar-refractivity contribution in [1.29, 1.82) is 0 Å². The summed E-state index contributed by atoms with van der Waals surface area (Å²) >= 11 is 0. The third-order valence-electron chi connectivity index (χ3n) is 1.90. The molecule has 0 saturated heterocycles. The number of hydrogen-bond acceptors (Lipinski definition) is 3. The van der Waals surface area contributed by atoms with Crippen molar-refractivity contribution in [1.82, 2.24) is 0 Å². The second kappa shape index (κ2) is 6.40. The average Bonchev–Trinajstić information content (AvgIpc) is 2.25. The summed E-state index contributed by atoms with van der Waals surface area (Å²) in [6.07, 6.45) is 0.906. The fourth-order valence-electron chi connectivity index (χ4n) is 1.16. The Balaban J connectivity index is 2.34. The van der Waals surface area contributed by atoms with Crippen LogP contribution in [-0.4, -0.2) is 20.3 Å². The minimum Gasteiger partial charge on any atom is -0.493 e. The highest BCUT2D eigenvalue weighted by atomic mass is 16.5. The third kappa shape index (κ3) is 3.77. The Labute approximate surface area is 84.8 Å². The zero-order chi connectivity index (χ0) is 10.2. The lowest BCUT2D eigenvalue weighted by molar-refractivity contribution is 0.172. The lowest BCUT2D eigenvalue weighted by Gasteiger charge is -2.06. The van der Waals surface area contributed by atoms with E-state index in [9.17, 15) is 0 Å². The first-order valence-electron chi connectivity index (χ1n) is 4.77. The van der Waals surface area contributed by atoms with Gasteiger partial charge in [-0.05, 0) is 17.7 Å². The van der Waals surface area contributed by atoms with Gasteiger partial charge in [0.2, 0.25) is 0 Å². The average molecular weight is 195 g/mol. The maximum absolute atomic E-state index is 5.52. The van der Waals surface area contributed by atoms with Crippen LogP contribution in [0.3, 0.4) is 0 Å². The summed E-state index contributed by atoms with van der Waals surface area (Å²) in [6.45, 7) is 1.97. The predicted molar refractivity (Wildman–Crippen MR) is 56.3 cm³/mol. The summed E-state index contributed by atoms with van der Waals surface area (Å²) in [7, 11) is 1.69. The second-order valence-corrected chi connectivity index (χ2v) is 3.05. The van der Waals surface area contributed by atoms with Crippen LogP contribution >= 0.6 is 0 Å². The molecule has 0 amide bonds. The van der Waals surface area contributed by atoms with Gasteiger partial charge in [0.1, 0.15) is 5.75 Å². The van der Waals surface area contributed by atoms with Crippen LogP contribution < -0.4 is 10.5 Å². The first-order valence-corrected chi connectivity index (χ1v) is 4.77. The third-order valence-corrected chi connectivity index (χ3v) is 1.90. The van der Waals surface area contributed by atoms with Crippen LogP contribution in [0.4, 0.5) is 0 Å². The Hall–Kier alpha value is -1.06. The van der Waals surface area contributed by atoms with E-state index < -0.39 is 0 Å². The van der Waals surface area contributed by atoms with Crippen LogP contribution in [0.25, 0.3) is 0 Å². The van der Waals surface area contributed by atoms with Crippen LogP contribution in [0.5, 0.6) is 5.75 Å². The number of ether oxygens (including phenoxy) is 2. The molecule has 0 bridgehead atoms. The molecule has 0 aromatic heterocycles. The van der Waals surface area contributed by atoms with E-state index in [0.29, 0.717) is 13.2 Å². The molecule has 78 valence electrons. The molecule has 3 nitrogen and oxygen atoms in total. The second-order valence-electron chi connectivity index (χ2n) is 3.05. The highest BCUT2D eigenvalue weighted by Crippen LogP contribution is 2.12. The van der Waals surface area contributed by atoms with Gasteiger partial charge < -0.3 is 15.2 Å². The fraction of sp³-hybridized carbons (Fsp3) is 0.455. The molecular formula is C11H17NO2. The van der Waals surface area contributed by atoms with Crippen LogP contribution in [-0.2, 0) is 11.3 Å². The summed E-state index contributed by atoms with van der Waals surface area (Å²) in [6, 6.07) is 7.84. The molecule has 0 unspecified atom stereocenters. The molecule has 0 aliphatic rings. The molecule has 0 saturated carbocycles. The highest BCUT2D eigenvalue weighted by molar-refractivity contribution is 5.28. The molecule has 1 aromatic rings. The minimum absolute atomic E-state index is 0.551. The molecule has 0 atom stereocenters. The van der Waals surface area contributed by atoms with Crippen molar-refractivity contribution in [2.24, 2.45) is 5.73 Å². The van der Waals surface area contributed by atoms with Gasteiger partial charge in [0, 0.05) is 26.7 Å². The van der Waals surface area contributed by atoms with Crippen molar-refractivity contribution in [3.8, 4) is 5.75 Å². The van der Waals surface area contributed by atoms with Crippen LogP contribution in [0.1, 0.15) is 12.0 Å². The topological polar surface area (TPSA) is 44.5 Å². The Morgan fingerprint density at radius 2 is 2.14 bits per heavy atom. The van der Waals surface area contributed by atoms with Gasteiger partial charge >= 0.3 is 0 Å². The maximum Gasteiger partial charge on any atom is 0.119 e. The molecule has 14 heavy (non-hydrogen) atoms. The van der Waals surface area contributed by atoms with E-state index in [1.807, 2.05) is 24.3 Å². The first-order chi connectivity index (χ1) is 6.86. The number of benzene rings is 1. The number of rotatable bonds is 6. The predicted octanol–water partition coefficient (Wildman–Crippen LogP) is 1.56. The van der Waals surface area contributed by atoms with E-state index in [4.69, 9.17) is 15.2 Å². The van der Waals surface area contributed by atoms with E-state index in [0.717, 1.165) is 24.3 Å². The maximum atomic E-state index is 5.52. The summed E-state index contributed by atoms with van der Waals surface area (Å²) < 4.78 is 10.4. The van der Waals surface area contributed by atoms with Gasteiger partial charge in [-0.3, -0.25) is 0 Å². The van der Waals surface area contributed by atoms with Gasteiger partial charge in [0.15, 0.2) is 0 Å². The molecule has 0 radical (unpaired) electrons. The first kappa shape index (κ1) is 11.0. The number of nitrogens with two attached hydrogens (primary N) is 1. The Bertz CT molecular complexity index is 263. The van der Waals surface area contributed by atoms with Gasteiger partial charge in [0.05, 0.1) is 6.61 Å². The van der Waals surface area contributed by atoms with Gasteiger partial charge in [0.25, 0.3) is 0 Å². The van der Waals surface area contributed by atoms with E-state index in [1.54, 1.807) is 7.11 Å².